The van der Waals surface area contributed by atoms with E-state index in [0.717, 1.165) is 18.4 Å². The third-order valence-electron chi connectivity index (χ3n) is 7.21. The molecule has 2 aliphatic heterocycles. The number of fused-ring (bicyclic) bond motifs is 1. The van der Waals surface area contributed by atoms with E-state index in [9.17, 15) is 20.4 Å². The molecule has 33 heavy (non-hydrogen) atoms. The fraction of sp³-hybridized carbons (Fsp3) is 0.750. The molecule has 9 unspecified atom stereocenters. The van der Waals surface area contributed by atoms with Gasteiger partial charge in [-0.25, -0.2) is 0 Å². The molecular formula is C24H36O9. The summed E-state index contributed by atoms with van der Waals surface area (Å²) < 4.78 is 29.4. The van der Waals surface area contributed by atoms with Crippen molar-refractivity contribution in [3.63, 3.8) is 0 Å². The maximum Gasteiger partial charge on any atom is 0.229 e. The summed E-state index contributed by atoms with van der Waals surface area (Å²) in [6, 6.07) is 5.22. The van der Waals surface area contributed by atoms with E-state index in [2.05, 4.69) is 20.8 Å². The number of benzene rings is 1. The number of methoxy groups -OCH3 is 1. The molecule has 3 aliphatic rings. The second-order valence-electron chi connectivity index (χ2n) is 9.98. The standard InChI is InChI=1S/C24H36O9/c1-12-5-7-14-16(9-12)31-22(33-24(14,2)3)13-6-8-15(17(10-13)29-4)30-23-21(28)20(27)19(26)18(11-25)32-23/h6,8,10,12,14,16,18-23,25-28H,5,7,9,11H2,1-4H3. The Hall–Kier alpha value is -1.46. The highest BCUT2D eigenvalue weighted by atomic mass is 16.7. The number of aliphatic hydroxyl groups excluding tert-OH is 4. The highest BCUT2D eigenvalue weighted by Gasteiger charge is 2.48. The van der Waals surface area contributed by atoms with Crippen LogP contribution in [0.5, 0.6) is 11.5 Å². The lowest BCUT2D eigenvalue weighted by Gasteiger charge is -2.50. The molecular weight excluding hydrogens is 432 g/mol. The highest BCUT2D eigenvalue weighted by molar-refractivity contribution is 5.43. The van der Waals surface area contributed by atoms with E-state index in [1.807, 2.05) is 0 Å². The van der Waals surface area contributed by atoms with E-state index >= 15 is 0 Å². The summed E-state index contributed by atoms with van der Waals surface area (Å²) in [5.74, 6) is 1.60. The first kappa shape index (κ1) is 24.7. The molecule has 2 saturated heterocycles. The van der Waals surface area contributed by atoms with Crippen molar-refractivity contribution >= 4 is 0 Å². The van der Waals surface area contributed by atoms with Crippen LogP contribution in [0.25, 0.3) is 0 Å². The van der Waals surface area contributed by atoms with Gasteiger partial charge in [-0.1, -0.05) is 13.3 Å². The van der Waals surface area contributed by atoms with Crippen LogP contribution >= 0.6 is 0 Å². The lowest BCUT2D eigenvalue weighted by molar-refractivity contribution is -0.314. The minimum Gasteiger partial charge on any atom is -0.493 e. The van der Waals surface area contributed by atoms with Gasteiger partial charge in [-0.05, 0) is 50.8 Å². The first-order valence-electron chi connectivity index (χ1n) is 11.6. The first-order valence-corrected chi connectivity index (χ1v) is 11.6. The highest BCUT2D eigenvalue weighted by Crippen LogP contribution is 2.47. The van der Waals surface area contributed by atoms with E-state index in [0.29, 0.717) is 17.6 Å². The maximum absolute atomic E-state index is 10.3. The molecule has 2 heterocycles. The molecule has 0 spiro atoms. The molecule has 186 valence electrons. The molecule has 1 aromatic rings. The number of hydrogen-bond acceptors (Lipinski definition) is 9. The van der Waals surface area contributed by atoms with E-state index in [-0.39, 0.29) is 17.5 Å². The second kappa shape index (κ2) is 9.65. The third kappa shape index (κ3) is 4.86. The molecule has 1 saturated carbocycles. The van der Waals surface area contributed by atoms with Crippen molar-refractivity contribution < 1.29 is 44.1 Å². The van der Waals surface area contributed by atoms with Gasteiger partial charge in [0.25, 0.3) is 0 Å². The van der Waals surface area contributed by atoms with Crippen LogP contribution in [0.2, 0.25) is 0 Å². The Kier molecular flexibility index (Phi) is 7.21. The zero-order valence-corrected chi connectivity index (χ0v) is 19.6. The summed E-state index contributed by atoms with van der Waals surface area (Å²) in [4.78, 5) is 0. The Morgan fingerprint density at radius 3 is 2.48 bits per heavy atom. The summed E-state index contributed by atoms with van der Waals surface area (Å²) >= 11 is 0. The number of hydrogen-bond donors (Lipinski definition) is 4. The van der Waals surface area contributed by atoms with Gasteiger partial charge >= 0.3 is 0 Å². The average molecular weight is 469 g/mol. The minimum atomic E-state index is -1.52. The molecule has 0 amide bonds. The fourth-order valence-electron chi connectivity index (χ4n) is 5.19. The van der Waals surface area contributed by atoms with Crippen molar-refractivity contribution in [3.05, 3.63) is 23.8 Å². The van der Waals surface area contributed by atoms with Crippen LogP contribution in [0.15, 0.2) is 18.2 Å². The van der Waals surface area contributed by atoms with E-state index in [1.54, 1.807) is 18.2 Å². The Bertz CT molecular complexity index is 813. The van der Waals surface area contributed by atoms with Crippen LogP contribution in [0.3, 0.4) is 0 Å². The van der Waals surface area contributed by atoms with Gasteiger partial charge < -0.3 is 44.1 Å². The van der Waals surface area contributed by atoms with Crippen molar-refractivity contribution in [2.24, 2.45) is 11.8 Å². The van der Waals surface area contributed by atoms with Gasteiger partial charge in [0.1, 0.15) is 24.4 Å². The molecule has 9 nitrogen and oxygen atoms in total. The smallest absolute Gasteiger partial charge is 0.229 e. The molecule has 0 bridgehead atoms. The van der Waals surface area contributed by atoms with Crippen molar-refractivity contribution in [2.45, 2.75) is 88.7 Å². The normalized spacial score (nSPS) is 40.7. The molecule has 9 heteroatoms. The quantitative estimate of drug-likeness (QED) is 0.508. The fourth-order valence-corrected chi connectivity index (χ4v) is 5.19. The number of ether oxygens (including phenoxy) is 5. The summed E-state index contributed by atoms with van der Waals surface area (Å²) in [5, 5.41) is 39.6. The van der Waals surface area contributed by atoms with Crippen molar-refractivity contribution in [1.29, 1.82) is 0 Å². The first-order chi connectivity index (χ1) is 15.6. The van der Waals surface area contributed by atoms with E-state index in [1.165, 1.54) is 13.5 Å². The molecule has 1 aromatic carbocycles. The topological polar surface area (TPSA) is 127 Å². The Morgan fingerprint density at radius 1 is 1.03 bits per heavy atom. The molecule has 0 radical (unpaired) electrons. The Labute approximate surface area is 194 Å². The molecule has 9 atom stereocenters. The molecule has 1 aliphatic carbocycles. The number of rotatable bonds is 5. The minimum absolute atomic E-state index is 0.124. The zero-order chi connectivity index (χ0) is 23.9. The van der Waals surface area contributed by atoms with Gasteiger partial charge in [-0.3, -0.25) is 0 Å². The van der Waals surface area contributed by atoms with Crippen molar-refractivity contribution in [1.82, 2.24) is 0 Å². The third-order valence-corrected chi connectivity index (χ3v) is 7.21. The lowest BCUT2D eigenvalue weighted by Crippen LogP contribution is -2.60. The lowest BCUT2D eigenvalue weighted by atomic mass is 9.72. The van der Waals surface area contributed by atoms with Crippen molar-refractivity contribution in [2.75, 3.05) is 13.7 Å². The van der Waals surface area contributed by atoms with Gasteiger partial charge in [-0.2, -0.15) is 0 Å². The Balaban J connectivity index is 1.52. The summed E-state index contributed by atoms with van der Waals surface area (Å²) in [6.45, 7) is 5.95. The predicted octanol–water partition coefficient (Wildman–Crippen LogP) is 1.50. The summed E-state index contributed by atoms with van der Waals surface area (Å²) in [6.07, 6.45) is -4.01. The molecule has 4 rings (SSSR count). The van der Waals surface area contributed by atoms with Gasteiger partial charge in [0, 0.05) is 11.5 Å². The summed E-state index contributed by atoms with van der Waals surface area (Å²) in [5.41, 5.74) is 0.449. The average Bonchev–Trinajstić information content (AvgIpc) is 2.78. The van der Waals surface area contributed by atoms with Gasteiger partial charge in [0.15, 0.2) is 17.8 Å². The van der Waals surface area contributed by atoms with Gasteiger partial charge in [0.05, 0.1) is 25.4 Å². The predicted molar refractivity (Wildman–Crippen MR) is 117 cm³/mol. The Morgan fingerprint density at radius 2 is 1.79 bits per heavy atom. The second-order valence-corrected chi connectivity index (χ2v) is 9.98. The van der Waals surface area contributed by atoms with Crippen LogP contribution in [-0.4, -0.2) is 76.6 Å². The maximum atomic E-state index is 10.3. The number of aliphatic hydroxyl groups is 4. The van der Waals surface area contributed by atoms with Gasteiger partial charge in [-0.15, -0.1) is 0 Å². The monoisotopic (exact) mass is 468 g/mol. The van der Waals surface area contributed by atoms with Crippen molar-refractivity contribution in [3.8, 4) is 11.5 Å². The zero-order valence-electron chi connectivity index (χ0n) is 19.6. The van der Waals surface area contributed by atoms with Crippen LogP contribution in [0.4, 0.5) is 0 Å². The van der Waals surface area contributed by atoms with Crippen LogP contribution < -0.4 is 9.47 Å². The molecule has 4 N–H and O–H groups in total. The van der Waals surface area contributed by atoms with Gasteiger partial charge in [0.2, 0.25) is 6.29 Å². The molecule has 0 aromatic heterocycles. The largest absolute Gasteiger partial charge is 0.493 e. The van der Waals surface area contributed by atoms with Crippen LogP contribution in [0, 0.1) is 11.8 Å². The SMILES string of the molecule is COc1cc(C2OC3CC(C)CCC3C(C)(C)O2)ccc1OC1OC(CO)C(O)C(O)C1O. The van der Waals surface area contributed by atoms with Crippen LogP contribution in [-0.2, 0) is 14.2 Å². The molecule has 3 fully saturated rings. The van der Waals surface area contributed by atoms with Crippen LogP contribution in [0.1, 0.15) is 51.9 Å². The van der Waals surface area contributed by atoms with E-state index in [4.69, 9.17) is 23.7 Å². The van der Waals surface area contributed by atoms with E-state index < -0.39 is 43.6 Å². The summed E-state index contributed by atoms with van der Waals surface area (Å²) in [7, 11) is 1.49.